The van der Waals surface area contributed by atoms with Crippen LogP contribution in [0, 0.1) is 5.92 Å². The fraction of sp³-hybridized carbons (Fsp3) is 0.829. The molecule has 6 saturated heterocycles. The summed E-state index contributed by atoms with van der Waals surface area (Å²) in [6.45, 7) is 12.9. The van der Waals surface area contributed by atoms with Crippen LogP contribution in [-0.2, 0) is 85.5 Å². The molecule has 1 aromatic carbocycles. The standard InChI is InChI=1S/C70H112O26/c1-9-12-14-15-17-21-29-35-48(73)91-64-63(96-66-54(79)52(77)51(76)46(38-71)88-66)59(94-68-61(90-49(74)37-36-44-30-25-23-26-31-44)55(80)57(41(6)84-68)92-65(82)39(4)11-3)43(8)86-70(64)93-58-42(7)85-69-62(56(58)81)89-47(72)34-28-22-19-16-18-20-27-33-45(32-24-13-10-2)87-67-60(95-69)53(78)50(75)40(5)83-67/h23,25-26,30-31,36-37,39-43,45-46,50-64,66-71,75-81H,9-22,24,27-29,32-35,38H2,1-8H3/b37-36+/t39-,40+,41-,42-,43-,45-,46+,50-,51+,52-,53-,54+,55+,56+,57-,58-,59-,60+,61+,62+,63+,64+,66-,67-,68-,69-,70-/m0/s1. The summed E-state index contributed by atoms with van der Waals surface area (Å²) in [5.74, 6) is -3.78. The quantitative estimate of drug-likeness (QED) is 0.0235. The number of aliphatic hydroxyl groups is 8. The van der Waals surface area contributed by atoms with E-state index < -0.39 is 190 Å². The molecule has 0 aromatic heterocycles. The fourth-order valence-electron chi connectivity index (χ4n) is 13.0. The number of carbonyl (C=O) groups excluding carboxylic acids is 4. The van der Waals surface area contributed by atoms with Crippen molar-refractivity contribution in [3.05, 3.63) is 42.0 Å². The highest BCUT2D eigenvalue weighted by atomic mass is 16.8. The van der Waals surface area contributed by atoms with Crippen molar-refractivity contribution in [2.45, 2.75) is 356 Å². The summed E-state index contributed by atoms with van der Waals surface area (Å²) in [5, 5.41) is 92.3. The molecule has 7 rings (SSSR count). The van der Waals surface area contributed by atoms with Crippen LogP contribution >= 0.6 is 0 Å². The largest absolute Gasteiger partial charge is 0.456 e. The van der Waals surface area contributed by atoms with Gasteiger partial charge in [0.05, 0.1) is 43.0 Å². The molecule has 26 nitrogen and oxygen atoms in total. The van der Waals surface area contributed by atoms with Crippen molar-refractivity contribution in [1.29, 1.82) is 0 Å². The van der Waals surface area contributed by atoms with Crippen LogP contribution in [0.3, 0.4) is 0 Å². The first-order valence-electron chi connectivity index (χ1n) is 35.5. The van der Waals surface area contributed by atoms with Crippen molar-refractivity contribution < 1.29 is 126 Å². The van der Waals surface area contributed by atoms with Crippen molar-refractivity contribution in [3.63, 3.8) is 0 Å². The molecule has 96 heavy (non-hydrogen) atoms. The lowest BCUT2D eigenvalue weighted by Crippen LogP contribution is -2.68. The van der Waals surface area contributed by atoms with Crippen molar-refractivity contribution >= 4 is 30.0 Å². The molecule has 6 aliphatic heterocycles. The third kappa shape index (κ3) is 22.3. The van der Waals surface area contributed by atoms with Crippen LogP contribution in [0.4, 0.5) is 0 Å². The van der Waals surface area contributed by atoms with Crippen LogP contribution < -0.4 is 0 Å². The van der Waals surface area contributed by atoms with E-state index in [0.717, 1.165) is 96.0 Å². The van der Waals surface area contributed by atoms with E-state index in [1.54, 1.807) is 51.1 Å². The van der Waals surface area contributed by atoms with E-state index in [9.17, 15) is 60.0 Å². The van der Waals surface area contributed by atoms with Gasteiger partial charge >= 0.3 is 23.9 Å². The minimum Gasteiger partial charge on any atom is -0.456 e. The summed E-state index contributed by atoms with van der Waals surface area (Å²) < 4.78 is 89.5. The maximum absolute atomic E-state index is 14.5. The number of carbonyl (C=O) groups is 4. The number of fused-ring (bicyclic) bond motifs is 2. The zero-order valence-corrected chi connectivity index (χ0v) is 57.3. The second-order valence-corrected chi connectivity index (χ2v) is 26.8. The Labute approximate surface area is 565 Å². The molecular formula is C70H112O26. The average molecular weight is 1370 g/mol. The highest BCUT2D eigenvalue weighted by Gasteiger charge is 2.59. The third-order valence-corrected chi connectivity index (χ3v) is 19.1. The Morgan fingerprint density at radius 1 is 0.531 bits per heavy atom. The Morgan fingerprint density at radius 3 is 1.81 bits per heavy atom. The molecule has 0 bridgehead atoms. The summed E-state index contributed by atoms with van der Waals surface area (Å²) in [6.07, 6.45) is -22.3. The number of unbranched alkanes of at least 4 members (excludes halogenated alkanes) is 8. The van der Waals surface area contributed by atoms with Gasteiger partial charge in [0.1, 0.15) is 73.2 Å². The molecule has 0 aliphatic carbocycles. The Bertz CT molecular complexity index is 2470. The molecule has 548 valence electrons. The highest BCUT2D eigenvalue weighted by molar-refractivity contribution is 5.87. The molecule has 0 saturated carbocycles. The van der Waals surface area contributed by atoms with Crippen molar-refractivity contribution in [2.24, 2.45) is 5.92 Å². The van der Waals surface area contributed by atoms with Crippen LogP contribution in [0.5, 0.6) is 0 Å². The first kappa shape index (κ1) is 79.4. The molecule has 6 aliphatic rings. The smallest absolute Gasteiger partial charge is 0.331 e. The van der Waals surface area contributed by atoms with Gasteiger partial charge in [0.25, 0.3) is 0 Å². The monoisotopic (exact) mass is 1370 g/mol. The number of benzene rings is 1. The molecule has 0 amide bonds. The van der Waals surface area contributed by atoms with Gasteiger partial charge in [-0.05, 0) is 71.4 Å². The maximum Gasteiger partial charge on any atom is 0.331 e. The zero-order valence-electron chi connectivity index (χ0n) is 57.3. The van der Waals surface area contributed by atoms with Gasteiger partial charge in [0, 0.05) is 18.9 Å². The Hall–Kier alpha value is -3.88. The van der Waals surface area contributed by atoms with E-state index >= 15 is 0 Å². The predicted octanol–water partition coefficient (Wildman–Crippen LogP) is 5.79. The van der Waals surface area contributed by atoms with Gasteiger partial charge in [-0.3, -0.25) is 14.4 Å². The number of hydrogen-bond donors (Lipinski definition) is 8. The second-order valence-electron chi connectivity index (χ2n) is 26.8. The summed E-state index contributed by atoms with van der Waals surface area (Å²) in [4.78, 5) is 55.8. The van der Waals surface area contributed by atoms with E-state index in [4.69, 9.17) is 66.3 Å². The van der Waals surface area contributed by atoms with E-state index in [0.29, 0.717) is 44.1 Å². The molecule has 6 fully saturated rings. The van der Waals surface area contributed by atoms with Gasteiger partial charge in [0.15, 0.2) is 55.9 Å². The Balaban J connectivity index is 1.27. The molecule has 6 heterocycles. The van der Waals surface area contributed by atoms with Crippen molar-refractivity contribution in [3.8, 4) is 0 Å². The molecule has 0 unspecified atom stereocenters. The minimum atomic E-state index is -2.06. The Morgan fingerprint density at radius 2 is 1.12 bits per heavy atom. The van der Waals surface area contributed by atoms with Crippen LogP contribution in [0.2, 0.25) is 0 Å². The SMILES string of the molecule is CCCCCCCCCC(=O)O[C@H]1[C@H](O[C@@H]2[C@@H](O)[C@H]3OC(=O)CCCCCCCCC[C@H](CCCCC)O[C@@H]4O[C@H](C)[C@H](O)[C@H](O)[C@H]4O[C@@H]3O[C@H]2C)O[C@@H](C)[C@H](O[C@@H]2O[C@@H](C)[C@H](OC(=O)[C@@H](C)CC)[C@@H](O)[C@H]2OC(=O)/C=C/c2ccccc2)[C@H]1O[C@@H]1O[C@H](CO)[C@@H](O)[C@H](O)[C@H]1O. The third-order valence-electron chi connectivity index (χ3n) is 19.1. The zero-order chi connectivity index (χ0) is 69.6. The summed E-state index contributed by atoms with van der Waals surface area (Å²) in [5.41, 5.74) is 0.630. The molecular weight excluding hydrogens is 1260 g/mol. The second kappa shape index (κ2) is 39.9. The number of esters is 4. The minimum absolute atomic E-state index is 0.0548. The van der Waals surface area contributed by atoms with E-state index in [2.05, 4.69) is 13.8 Å². The predicted molar refractivity (Wildman–Crippen MR) is 342 cm³/mol. The molecule has 0 radical (unpaired) electrons. The van der Waals surface area contributed by atoms with Gasteiger partial charge in [-0.2, -0.15) is 0 Å². The summed E-state index contributed by atoms with van der Waals surface area (Å²) in [7, 11) is 0. The molecule has 1 aromatic rings. The van der Waals surface area contributed by atoms with Crippen molar-refractivity contribution in [2.75, 3.05) is 6.61 Å². The number of hydrogen-bond acceptors (Lipinski definition) is 26. The van der Waals surface area contributed by atoms with Crippen LogP contribution in [0.25, 0.3) is 6.08 Å². The van der Waals surface area contributed by atoms with Crippen LogP contribution in [0.1, 0.15) is 202 Å². The normalized spacial score (nSPS) is 38.8. The molecule has 0 spiro atoms. The number of ether oxygens (including phenoxy) is 14. The lowest BCUT2D eigenvalue weighted by atomic mass is 9.95. The van der Waals surface area contributed by atoms with E-state index in [1.165, 1.54) is 26.8 Å². The highest BCUT2D eigenvalue weighted by Crippen LogP contribution is 2.40. The summed E-state index contributed by atoms with van der Waals surface area (Å²) >= 11 is 0. The summed E-state index contributed by atoms with van der Waals surface area (Å²) in [6, 6.07) is 8.80. The average Bonchev–Trinajstić information content (AvgIpc) is 0.769. The fourth-order valence-corrected chi connectivity index (χ4v) is 13.0. The molecule has 8 N–H and O–H groups in total. The van der Waals surface area contributed by atoms with Gasteiger partial charge in [0.2, 0.25) is 0 Å². The van der Waals surface area contributed by atoms with Crippen LogP contribution in [0.15, 0.2) is 36.4 Å². The van der Waals surface area contributed by atoms with Crippen LogP contribution in [-0.4, -0.2) is 231 Å². The molecule has 27 atom stereocenters. The van der Waals surface area contributed by atoms with E-state index in [1.807, 2.05) is 0 Å². The Kier molecular flexibility index (Phi) is 33.1. The first-order chi connectivity index (χ1) is 46.1. The first-order valence-corrected chi connectivity index (χ1v) is 35.5. The van der Waals surface area contributed by atoms with Gasteiger partial charge in [-0.15, -0.1) is 0 Å². The topological polar surface area (TPSA) is 359 Å². The van der Waals surface area contributed by atoms with Gasteiger partial charge in [-0.1, -0.05) is 154 Å². The lowest BCUT2D eigenvalue weighted by Gasteiger charge is -2.51. The lowest BCUT2D eigenvalue weighted by molar-refractivity contribution is -0.400. The van der Waals surface area contributed by atoms with E-state index in [-0.39, 0.29) is 18.9 Å². The molecule has 26 heteroatoms. The number of rotatable bonds is 26. The number of aliphatic hydroxyl groups excluding tert-OH is 8. The van der Waals surface area contributed by atoms with Gasteiger partial charge in [-0.25, -0.2) is 4.79 Å². The van der Waals surface area contributed by atoms with Gasteiger partial charge < -0.3 is 107 Å². The van der Waals surface area contributed by atoms with Crippen molar-refractivity contribution in [1.82, 2.24) is 0 Å². The maximum atomic E-state index is 14.5.